The molecule has 114 valence electrons. The van der Waals surface area contributed by atoms with Crippen LogP contribution in [0.15, 0.2) is 5.16 Å². The highest BCUT2D eigenvalue weighted by Crippen LogP contribution is 2.33. The van der Waals surface area contributed by atoms with Gasteiger partial charge in [0.15, 0.2) is 0 Å². The maximum atomic E-state index is 12.2. The summed E-state index contributed by atoms with van der Waals surface area (Å²) in [5.74, 6) is 1.12. The zero-order chi connectivity index (χ0) is 14.5. The van der Waals surface area contributed by atoms with E-state index in [9.17, 15) is 4.79 Å². The Bertz CT molecular complexity index is 359. The summed E-state index contributed by atoms with van der Waals surface area (Å²) in [7, 11) is 0. The minimum Gasteiger partial charge on any atom is -0.409 e. The standard InChI is InChI=1S/C14H25N3O3/c1-2-20-12-7-10(8-12)9-13(18)17-5-3-11(4-6-17)14(15)16-19/h10-12,19H,2-9H2,1H3,(H2,15,16). The number of piperidine rings is 1. The molecule has 0 unspecified atom stereocenters. The molecule has 0 radical (unpaired) electrons. The Morgan fingerprint density at radius 1 is 1.40 bits per heavy atom. The number of oxime groups is 1. The van der Waals surface area contributed by atoms with Gasteiger partial charge in [0, 0.05) is 32.0 Å². The fourth-order valence-corrected chi connectivity index (χ4v) is 3.10. The van der Waals surface area contributed by atoms with Crippen molar-refractivity contribution in [3.8, 4) is 0 Å². The van der Waals surface area contributed by atoms with Crippen LogP contribution in [0.25, 0.3) is 0 Å². The number of amidine groups is 1. The fraction of sp³-hybridized carbons (Fsp3) is 0.857. The molecule has 2 rings (SSSR count). The van der Waals surface area contributed by atoms with Gasteiger partial charge < -0.3 is 20.6 Å². The lowest BCUT2D eigenvalue weighted by Gasteiger charge is -2.37. The van der Waals surface area contributed by atoms with Crippen LogP contribution in [0.5, 0.6) is 0 Å². The first-order chi connectivity index (χ1) is 9.63. The molecule has 2 aliphatic rings. The van der Waals surface area contributed by atoms with Gasteiger partial charge in [-0.05, 0) is 38.5 Å². The molecular formula is C14H25N3O3. The van der Waals surface area contributed by atoms with E-state index in [-0.39, 0.29) is 17.7 Å². The van der Waals surface area contributed by atoms with Crippen molar-refractivity contribution in [1.82, 2.24) is 4.90 Å². The second kappa shape index (κ2) is 6.92. The molecular weight excluding hydrogens is 258 g/mol. The van der Waals surface area contributed by atoms with Crippen LogP contribution in [0.3, 0.4) is 0 Å². The Balaban J connectivity index is 1.68. The highest BCUT2D eigenvalue weighted by molar-refractivity contribution is 5.83. The molecule has 1 saturated carbocycles. The third-order valence-corrected chi connectivity index (χ3v) is 4.44. The van der Waals surface area contributed by atoms with Gasteiger partial charge in [-0.15, -0.1) is 0 Å². The Labute approximate surface area is 119 Å². The van der Waals surface area contributed by atoms with Crippen molar-refractivity contribution in [2.45, 2.75) is 45.1 Å². The number of amides is 1. The smallest absolute Gasteiger partial charge is 0.222 e. The van der Waals surface area contributed by atoms with Crippen molar-refractivity contribution in [1.29, 1.82) is 0 Å². The number of hydrogen-bond acceptors (Lipinski definition) is 4. The Kier molecular flexibility index (Phi) is 5.23. The molecule has 0 aromatic heterocycles. The number of ether oxygens (including phenoxy) is 1. The summed E-state index contributed by atoms with van der Waals surface area (Å²) < 4.78 is 5.51. The van der Waals surface area contributed by atoms with Crippen molar-refractivity contribution in [2.24, 2.45) is 22.7 Å². The minimum absolute atomic E-state index is 0.107. The summed E-state index contributed by atoms with van der Waals surface area (Å²) in [6.45, 7) is 4.18. The molecule has 1 heterocycles. The molecule has 0 atom stereocenters. The predicted octanol–water partition coefficient (Wildman–Crippen LogP) is 1.18. The van der Waals surface area contributed by atoms with Gasteiger partial charge in [-0.1, -0.05) is 5.16 Å². The summed E-state index contributed by atoms with van der Waals surface area (Å²) in [5, 5.41) is 11.7. The second-order valence-electron chi connectivity index (χ2n) is 5.80. The quantitative estimate of drug-likeness (QED) is 0.343. The molecule has 0 bridgehead atoms. The first-order valence-corrected chi connectivity index (χ1v) is 7.50. The van der Waals surface area contributed by atoms with Gasteiger partial charge in [-0.2, -0.15) is 0 Å². The topological polar surface area (TPSA) is 88.2 Å². The zero-order valence-corrected chi connectivity index (χ0v) is 12.1. The second-order valence-corrected chi connectivity index (χ2v) is 5.80. The lowest BCUT2D eigenvalue weighted by molar-refractivity contribution is -0.135. The van der Waals surface area contributed by atoms with E-state index in [2.05, 4.69) is 5.16 Å². The first kappa shape index (κ1) is 15.1. The molecule has 0 aromatic rings. The number of hydrogen-bond donors (Lipinski definition) is 2. The maximum Gasteiger partial charge on any atom is 0.222 e. The van der Waals surface area contributed by atoms with Gasteiger partial charge in [0.2, 0.25) is 5.91 Å². The molecule has 6 heteroatoms. The van der Waals surface area contributed by atoms with E-state index in [1.54, 1.807) is 0 Å². The van der Waals surface area contributed by atoms with Crippen LogP contribution in [0, 0.1) is 11.8 Å². The maximum absolute atomic E-state index is 12.2. The van der Waals surface area contributed by atoms with E-state index >= 15 is 0 Å². The summed E-state index contributed by atoms with van der Waals surface area (Å²) in [6.07, 6.45) is 4.60. The van der Waals surface area contributed by atoms with Crippen molar-refractivity contribution in [3.63, 3.8) is 0 Å². The third kappa shape index (κ3) is 3.62. The van der Waals surface area contributed by atoms with Crippen molar-refractivity contribution in [3.05, 3.63) is 0 Å². The number of carbonyl (C=O) groups is 1. The van der Waals surface area contributed by atoms with E-state index in [4.69, 9.17) is 15.7 Å². The Morgan fingerprint density at radius 2 is 2.05 bits per heavy atom. The number of carbonyl (C=O) groups excluding carboxylic acids is 1. The number of likely N-dealkylation sites (tertiary alicyclic amines) is 1. The van der Waals surface area contributed by atoms with Gasteiger partial charge >= 0.3 is 0 Å². The highest BCUT2D eigenvalue weighted by Gasteiger charge is 2.33. The van der Waals surface area contributed by atoms with Crippen LogP contribution in [0.2, 0.25) is 0 Å². The summed E-state index contributed by atoms with van der Waals surface area (Å²) in [5.41, 5.74) is 5.61. The van der Waals surface area contributed by atoms with Crippen LogP contribution in [-0.2, 0) is 9.53 Å². The molecule has 2 fully saturated rings. The zero-order valence-electron chi connectivity index (χ0n) is 12.1. The largest absolute Gasteiger partial charge is 0.409 e. The number of rotatable bonds is 5. The monoisotopic (exact) mass is 283 g/mol. The highest BCUT2D eigenvalue weighted by atomic mass is 16.5. The van der Waals surface area contributed by atoms with Gasteiger partial charge in [-0.3, -0.25) is 4.79 Å². The van der Waals surface area contributed by atoms with Crippen LogP contribution >= 0.6 is 0 Å². The Hall–Kier alpha value is -1.30. The van der Waals surface area contributed by atoms with E-state index < -0.39 is 0 Å². The van der Waals surface area contributed by atoms with E-state index in [0.717, 1.165) is 32.3 Å². The molecule has 0 aromatic carbocycles. The van der Waals surface area contributed by atoms with Crippen LogP contribution < -0.4 is 5.73 Å². The lowest BCUT2D eigenvalue weighted by atomic mass is 9.79. The van der Waals surface area contributed by atoms with Gasteiger partial charge in [0.25, 0.3) is 0 Å². The first-order valence-electron chi connectivity index (χ1n) is 7.50. The number of nitrogens with zero attached hydrogens (tertiary/aromatic N) is 2. The van der Waals surface area contributed by atoms with Gasteiger partial charge in [0.1, 0.15) is 5.84 Å². The normalized spacial score (nSPS) is 28.2. The lowest BCUT2D eigenvalue weighted by Crippen LogP contribution is -2.43. The van der Waals surface area contributed by atoms with Gasteiger partial charge in [0.05, 0.1) is 6.10 Å². The predicted molar refractivity (Wildman–Crippen MR) is 75.5 cm³/mol. The molecule has 20 heavy (non-hydrogen) atoms. The Morgan fingerprint density at radius 3 is 2.60 bits per heavy atom. The van der Waals surface area contributed by atoms with E-state index in [1.807, 2.05) is 11.8 Å². The summed E-state index contributed by atoms with van der Waals surface area (Å²) >= 11 is 0. The SMILES string of the molecule is CCOC1CC(CC(=O)N2CCC(C(N)=NO)CC2)C1. The molecule has 1 aliphatic carbocycles. The average molecular weight is 283 g/mol. The summed E-state index contributed by atoms with van der Waals surface area (Å²) in [4.78, 5) is 14.1. The third-order valence-electron chi connectivity index (χ3n) is 4.44. The van der Waals surface area contributed by atoms with Crippen LogP contribution in [-0.4, -0.2) is 47.7 Å². The van der Waals surface area contributed by atoms with E-state index in [0.29, 0.717) is 31.5 Å². The minimum atomic E-state index is 0.107. The van der Waals surface area contributed by atoms with Crippen LogP contribution in [0.4, 0.5) is 0 Å². The van der Waals surface area contributed by atoms with Crippen molar-refractivity contribution < 1.29 is 14.7 Å². The summed E-state index contributed by atoms with van der Waals surface area (Å²) in [6, 6.07) is 0. The van der Waals surface area contributed by atoms with Crippen molar-refractivity contribution >= 4 is 11.7 Å². The number of nitrogens with two attached hydrogens (primary N) is 1. The molecule has 1 saturated heterocycles. The molecule has 6 nitrogen and oxygen atoms in total. The fourth-order valence-electron chi connectivity index (χ4n) is 3.10. The van der Waals surface area contributed by atoms with E-state index in [1.165, 1.54) is 0 Å². The molecule has 1 amide bonds. The van der Waals surface area contributed by atoms with Crippen molar-refractivity contribution in [2.75, 3.05) is 19.7 Å². The van der Waals surface area contributed by atoms with Crippen LogP contribution in [0.1, 0.15) is 39.0 Å². The average Bonchev–Trinajstić information content (AvgIpc) is 2.44. The molecule has 1 aliphatic heterocycles. The molecule has 0 spiro atoms. The molecule has 3 N–H and O–H groups in total. The van der Waals surface area contributed by atoms with Gasteiger partial charge in [-0.25, -0.2) is 0 Å².